The summed E-state index contributed by atoms with van der Waals surface area (Å²) in [6, 6.07) is 13.7. The second kappa shape index (κ2) is 8.47. The largest absolute Gasteiger partial charge is 0.352 e. The predicted octanol–water partition coefficient (Wildman–Crippen LogP) is 2.92. The van der Waals surface area contributed by atoms with E-state index in [1.165, 1.54) is 28.8 Å². The van der Waals surface area contributed by atoms with Crippen LogP contribution in [0.1, 0.15) is 23.7 Å². The van der Waals surface area contributed by atoms with E-state index in [1.807, 2.05) is 6.92 Å². The lowest BCUT2D eigenvalue weighted by Gasteiger charge is -2.13. The number of pyridine rings is 1. The van der Waals surface area contributed by atoms with Crippen molar-refractivity contribution in [2.24, 2.45) is 0 Å². The minimum absolute atomic E-state index is 0.257. The molecule has 2 aromatic carbocycles. The van der Waals surface area contributed by atoms with E-state index in [9.17, 15) is 18.8 Å². The summed E-state index contributed by atoms with van der Waals surface area (Å²) < 4.78 is 14.6. The molecule has 0 atom stereocenters. The minimum atomic E-state index is -0.471. The first kappa shape index (κ1) is 19.3. The monoisotopic (exact) mass is 381 g/mol. The number of rotatable bonds is 6. The highest BCUT2D eigenvalue weighted by Crippen LogP contribution is 2.17. The molecular weight excluding hydrogens is 361 g/mol. The molecule has 0 aliphatic heterocycles. The van der Waals surface area contributed by atoms with Crippen LogP contribution in [0, 0.1) is 5.82 Å². The third kappa shape index (κ3) is 4.25. The fraction of sp³-hybridized carbons (Fsp3) is 0.190. The fourth-order valence-electron chi connectivity index (χ4n) is 2.93. The van der Waals surface area contributed by atoms with E-state index in [0.29, 0.717) is 23.1 Å². The third-order valence-corrected chi connectivity index (χ3v) is 4.21. The van der Waals surface area contributed by atoms with Gasteiger partial charge in [0, 0.05) is 23.7 Å². The lowest BCUT2D eigenvalue weighted by Crippen LogP contribution is -2.31. The molecule has 0 aliphatic carbocycles. The molecule has 28 heavy (non-hydrogen) atoms. The highest BCUT2D eigenvalue weighted by Gasteiger charge is 2.16. The Morgan fingerprint density at radius 1 is 1.07 bits per heavy atom. The number of hydrogen-bond acceptors (Lipinski definition) is 3. The number of anilines is 1. The first-order chi connectivity index (χ1) is 13.5. The van der Waals surface area contributed by atoms with Gasteiger partial charge in [-0.1, -0.05) is 31.2 Å². The van der Waals surface area contributed by atoms with Crippen LogP contribution >= 0.6 is 0 Å². The van der Waals surface area contributed by atoms with Crippen molar-refractivity contribution in [1.82, 2.24) is 9.88 Å². The van der Waals surface area contributed by atoms with Gasteiger partial charge in [0.15, 0.2) is 0 Å². The maximum atomic E-state index is 13.3. The first-order valence-corrected chi connectivity index (χ1v) is 8.96. The van der Waals surface area contributed by atoms with Crippen molar-refractivity contribution in [1.29, 1.82) is 0 Å². The number of fused-ring (bicyclic) bond motifs is 1. The lowest BCUT2D eigenvalue weighted by molar-refractivity contribution is -0.116. The molecule has 3 rings (SSSR count). The molecule has 0 unspecified atom stereocenters. The molecule has 3 aromatic rings. The van der Waals surface area contributed by atoms with Crippen LogP contribution in [-0.2, 0) is 11.3 Å². The van der Waals surface area contributed by atoms with E-state index in [0.717, 1.165) is 6.42 Å². The summed E-state index contributed by atoms with van der Waals surface area (Å²) in [5.74, 6) is -1.27. The Labute approximate surface area is 161 Å². The van der Waals surface area contributed by atoms with Crippen LogP contribution in [0.2, 0.25) is 0 Å². The summed E-state index contributed by atoms with van der Waals surface area (Å²) in [6.07, 6.45) is 0.779. The average molecular weight is 381 g/mol. The van der Waals surface area contributed by atoms with E-state index < -0.39 is 17.3 Å². The van der Waals surface area contributed by atoms with Crippen LogP contribution < -0.4 is 16.2 Å². The molecule has 144 valence electrons. The van der Waals surface area contributed by atoms with Gasteiger partial charge >= 0.3 is 0 Å². The Morgan fingerprint density at radius 2 is 1.86 bits per heavy atom. The third-order valence-electron chi connectivity index (χ3n) is 4.21. The van der Waals surface area contributed by atoms with Crippen LogP contribution in [0.15, 0.2) is 59.4 Å². The number of amides is 2. The van der Waals surface area contributed by atoms with Crippen molar-refractivity contribution in [2.45, 2.75) is 19.9 Å². The van der Waals surface area contributed by atoms with Crippen LogP contribution in [0.3, 0.4) is 0 Å². The van der Waals surface area contributed by atoms with Gasteiger partial charge in [0.25, 0.3) is 11.5 Å². The topological polar surface area (TPSA) is 80.2 Å². The molecule has 0 fully saturated rings. The normalized spacial score (nSPS) is 10.6. The number of aromatic nitrogens is 1. The molecule has 7 heteroatoms. The Morgan fingerprint density at radius 3 is 2.61 bits per heavy atom. The minimum Gasteiger partial charge on any atom is -0.352 e. The van der Waals surface area contributed by atoms with E-state index in [2.05, 4.69) is 10.6 Å². The van der Waals surface area contributed by atoms with Gasteiger partial charge in [-0.2, -0.15) is 0 Å². The van der Waals surface area contributed by atoms with Gasteiger partial charge < -0.3 is 10.6 Å². The second-order valence-electron chi connectivity index (χ2n) is 6.31. The predicted molar refractivity (Wildman–Crippen MR) is 106 cm³/mol. The van der Waals surface area contributed by atoms with Crippen molar-refractivity contribution < 1.29 is 14.0 Å². The maximum Gasteiger partial charge on any atom is 0.252 e. The highest BCUT2D eigenvalue weighted by molar-refractivity contribution is 6.06. The van der Waals surface area contributed by atoms with Gasteiger partial charge in [0.1, 0.15) is 12.4 Å². The molecular formula is C21H20FN3O3. The van der Waals surface area contributed by atoms with E-state index in [-0.39, 0.29) is 18.0 Å². The van der Waals surface area contributed by atoms with Gasteiger partial charge in [-0.3, -0.25) is 19.0 Å². The van der Waals surface area contributed by atoms with Crippen molar-refractivity contribution in [2.75, 3.05) is 11.9 Å². The quantitative estimate of drug-likeness (QED) is 0.689. The SMILES string of the molecule is CCCNC(=O)c1cc(=O)n(CC(=O)Nc2cccc(F)c2)c2ccccc12. The van der Waals surface area contributed by atoms with Crippen LogP contribution in [-0.4, -0.2) is 22.9 Å². The zero-order chi connectivity index (χ0) is 20.1. The van der Waals surface area contributed by atoms with E-state index in [4.69, 9.17) is 0 Å². The van der Waals surface area contributed by atoms with Crippen LogP contribution in [0.5, 0.6) is 0 Å². The molecule has 0 radical (unpaired) electrons. The summed E-state index contributed by atoms with van der Waals surface area (Å²) in [4.78, 5) is 37.4. The van der Waals surface area contributed by atoms with E-state index in [1.54, 1.807) is 30.3 Å². The Bertz CT molecular complexity index is 1090. The number of carbonyl (C=O) groups is 2. The summed E-state index contributed by atoms with van der Waals surface area (Å²) >= 11 is 0. The zero-order valence-corrected chi connectivity index (χ0v) is 15.4. The number of nitrogens with one attached hydrogen (secondary N) is 2. The first-order valence-electron chi connectivity index (χ1n) is 8.96. The molecule has 6 nitrogen and oxygen atoms in total. The number of para-hydroxylation sites is 1. The Kier molecular flexibility index (Phi) is 5.84. The molecule has 2 amide bonds. The van der Waals surface area contributed by atoms with Gasteiger partial charge in [-0.25, -0.2) is 4.39 Å². The van der Waals surface area contributed by atoms with Gasteiger partial charge in [-0.15, -0.1) is 0 Å². The zero-order valence-electron chi connectivity index (χ0n) is 15.4. The van der Waals surface area contributed by atoms with Gasteiger partial charge in [0.05, 0.1) is 11.1 Å². The molecule has 0 saturated carbocycles. The Hall–Kier alpha value is -3.48. The smallest absolute Gasteiger partial charge is 0.252 e. The van der Waals surface area contributed by atoms with Gasteiger partial charge in [-0.05, 0) is 30.7 Å². The standard InChI is InChI=1S/C21H20FN3O3/c1-2-10-23-21(28)17-12-20(27)25(18-9-4-3-8-16(17)18)13-19(26)24-15-7-5-6-14(22)11-15/h3-9,11-12H,2,10,13H2,1H3,(H,23,28)(H,24,26). The molecule has 0 saturated heterocycles. The maximum absolute atomic E-state index is 13.3. The van der Waals surface area contributed by atoms with Crippen LogP contribution in [0.4, 0.5) is 10.1 Å². The van der Waals surface area contributed by atoms with Crippen molar-refractivity contribution in [3.63, 3.8) is 0 Å². The summed E-state index contributed by atoms with van der Waals surface area (Å²) in [5, 5.41) is 5.91. The molecule has 0 spiro atoms. The van der Waals surface area contributed by atoms with Crippen molar-refractivity contribution in [3.8, 4) is 0 Å². The second-order valence-corrected chi connectivity index (χ2v) is 6.31. The number of halogens is 1. The fourth-order valence-corrected chi connectivity index (χ4v) is 2.93. The van der Waals surface area contributed by atoms with E-state index >= 15 is 0 Å². The molecule has 0 aliphatic rings. The van der Waals surface area contributed by atoms with Crippen molar-refractivity contribution in [3.05, 3.63) is 76.3 Å². The number of hydrogen-bond donors (Lipinski definition) is 2. The van der Waals surface area contributed by atoms with Gasteiger partial charge in [0.2, 0.25) is 5.91 Å². The van der Waals surface area contributed by atoms with Crippen molar-refractivity contribution >= 4 is 28.4 Å². The highest BCUT2D eigenvalue weighted by atomic mass is 19.1. The summed E-state index contributed by atoms with van der Waals surface area (Å²) in [5.41, 5.74) is 0.592. The number of nitrogens with zero attached hydrogens (tertiary/aromatic N) is 1. The molecule has 0 bridgehead atoms. The molecule has 1 heterocycles. The number of benzene rings is 2. The molecule has 1 aromatic heterocycles. The average Bonchev–Trinajstić information content (AvgIpc) is 2.68. The molecule has 2 N–H and O–H groups in total. The summed E-state index contributed by atoms with van der Waals surface area (Å²) in [6.45, 7) is 2.19. The lowest BCUT2D eigenvalue weighted by atomic mass is 10.1. The number of carbonyl (C=O) groups excluding carboxylic acids is 2. The summed E-state index contributed by atoms with van der Waals surface area (Å²) in [7, 11) is 0. The van der Waals surface area contributed by atoms with Crippen LogP contribution in [0.25, 0.3) is 10.9 Å². The Balaban J connectivity index is 1.93.